The highest BCUT2D eigenvalue weighted by molar-refractivity contribution is 5.03. The predicted molar refractivity (Wildman–Crippen MR) is 83.1 cm³/mol. The molecule has 1 aliphatic carbocycles. The molecule has 0 aromatic rings. The first-order valence-corrected chi connectivity index (χ1v) is 8.25. The van der Waals surface area contributed by atoms with E-state index in [9.17, 15) is 0 Å². The summed E-state index contributed by atoms with van der Waals surface area (Å²) in [4.78, 5) is 2.79. The zero-order valence-electron chi connectivity index (χ0n) is 13.7. The second-order valence-electron chi connectivity index (χ2n) is 8.47. The highest BCUT2D eigenvalue weighted by Gasteiger charge is 2.47. The smallest absolute Gasteiger partial charge is 0.0342 e. The Balaban J connectivity index is 2.25. The molecule has 0 aromatic carbocycles. The van der Waals surface area contributed by atoms with E-state index in [4.69, 9.17) is 5.73 Å². The number of nitrogens with two attached hydrogens (primary N) is 1. The minimum atomic E-state index is 0.259. The standard InChI is InChI=1S/C17H34N2/c1-13-6-7-15(3)19(10-13)17(12-18)9-14(2)8-16(4,5)11-17/h13-15H,6-12,18H2,1-5H3. The molecule has 2 N–H and O–H groups in total. The van der Waals surface area contributed by atoms with Gasteiger partial charge in [0, 0.05) is 24.7 Å². The molecule has 0 radical (unpaired) electrons. The van der Waals surface area contributed by atoms with Crippen LogP contribution in [0.4, 0.5) is 0 Å². The van der Waals surface area contributed by atoms with Crippen LogP contribution in [0.25, 0.3) is 0 Å². The van der Waals surface area contributed by atoms with E-state index in [-0.39, 0.29) is 5.54 Å². The van der Waals surface area contributed by atoms with Gasteiger partial charge in [0.25, 0.3) is 0 Å². The van der Waals surface area contributed by atoms with Gasteiger partial charge in [0.1, 0.15) is 0 Å². The number of piperidine rings is 1. The van der Waals surface area contributed by atoms with Crippen LogP contribution in [-0.2, 0) is 0 Å². The molecule has 4 unspecified atom stereocenters. The molecule has 0 amide bonds. The lowest BCUT2D eigenvalue weighted by Gasteiger charge is -2.56. The summed E-state index contributed by atoms with van der Waals surface area (Å²) in [6, 6.07) is 0.709. The summed E-state index contributed by atoms with van der Waals surface area (Å²) in [5, 5.41) is 0. The van der Waals surface area contributed by atoms with Crippen molar-refractivity contribution < 1.29 is 0 Å². The lowest BCUT2D eigenvalue weighted by Crippen LogP contribution is -2.63. The fourth-order valence-electron chi connectivity index (χ4n) is 5.14. The third-order valence-electron chi connectivity index (χ3n) is 5.54. The number of hydrogen-bond acceptors (Lipinski definition) is 2. The van der Waals surface area contributed by atoms with Gasteiger partial charge in [-0.2, -0.15) is 0 Å². The Labute approximate surface area is 120 Å². The largest absolute Gasteiger partial charge is 0.329 e. The molecule has 0 spiro atoms. The fourth-order valence-corrected chi connectivity index (χ4v) is 5.14. The van der Waals surface area contributed by atoms with Gasteiger partial charge in [-0.25, -0.2) is 0 Å². The van der Waals surface area contributed by atoms with E-state index in [1.54, 1.807) is 0 Å². The number of likely N-dealkylation sites (tertiary alicyclic amines) is 1. The van der Waals surface area contributed by atoms with Crippen molar-refractivity contribution in [3.05, 3.63) is 0 Å². The van der Waals surface area contributed by atoms with E-state index in [1.165, 1.54) is 38.6 Å². The molecule has 112 valence electrons. The van der Waals surface area contributed by atoms with E-state index in [1.807, 2.05) is 0 Å². The van der Waals surface area contributed by atoms with Gasteiger partial charge < -0.3 is 5.73 Å². The molecule has 1 saturated carbocycles. The van der Waals surface area contributed by atoms with E-state index < -0.39 is 0 Å². The Morgan fingerprint density at radius 3 is 2.32 bits per heavy atom. The van der Waals surface area contributed by atoms with Crippen LogP contribution in [0.15, 0.2) is 0 Å². The molecule has 19 heavy (non-hydrogen) atoms. The second-order valence-corrected chi connectivity index (χ2v) is 8.47. The van der Waals surface area contributed by atoms with Crippen molar-refractivity contribution >= 4 is 0 Å². The maximum Gasteiger partial charge on any atom is 0.0342 e. The third kappa shape index (κ3) is 3.16. The molecule has 1 heterocycles. The van der Waals surface area contributed by atoms with Crippen LogP contribution in [0.5, 0.6) is 0 Å². The van der Waals surface area contributed by atoms with Gasteiger partial charge in [-0.05, 0) is 56.3 Å². The van der Waals surface area contributed by atoms with Crippen LogP contribution in [0.3, 0.4) is 0 Å². The van der Waals surface area contributed by atoms with Crippen molar-refractivity contribution in [2.24, 2.45) is 23.0 Å². The molecule has 0 aromatic heterocycles. The first-order valence-electron chi connectivity index (χ1n) is 8.25. The molecule has 2 aliphatic rings. The monoisotopic (exact) mass is 266 g/mol. The summed E-state index contributed by atoms with van der Waals surface area (Å²) in [6.45, 7) is 14.2. The van der Waals surface area contributed by atoms with Crippen molar-refractivity contribution in [1.29, 1.82) is 0 Å². The van der Waals surface area contributed by atoms with Crippen LogP contribution < -0.4 is 5.73 Å². The van der Waals surface area contributed by atoms with Gasteiger partial charge in [0.05, 0.1) is 0 Å². The first kappa shape index (κ1) is 15.3. The molecule has 2 fully saturated rings. The number of rotatable bonds is 2. The summed E-state index contributed by atoms with van der Waals surface area (Å²) in [6.07, 6.45) is 6.66. The Kier molecular flexibility index (Phi) is 4.32. The van der Waals surface area contributed by atoms with Crippen LogP contribution >= 0.6 is 0 Å². The number of nitrogens with zero attached hydrogens (tertiary/aromatic N) is 1. The lowest BCUT2D eigenvalue weighted by molar-refractivity contribution is -0.0557. The van der Waals surface area contributed by atoms with Crippen molar-refractivity contribution in [3.63, 3.8) is 0 Å². The zero-order valence-corrected chi connectivity index (χ0v) is 13.7. The highest BCUT2D eigenvalue weighted by atomic mass is 15.2. The van der Waals surface area contributed by atoms with Crippen LogP contribution in [0.1, 0.15) is 66.7 Å². The summed E-state index contributed by atoms with van der Waals surface area (Å²) < 4.78 is 0. The van der Waals surface area contributed by atoms with E-state index >= 15 is 0 Å². The van der Waals surface area contributed by atoms with E-state index in [0.717, 1.165) is 18.4 Å². The summed E-state index contributed by atoms with van der Waals surface area (Å²) >= 11 is 0. The summed E-state index contributed by atoms with van der Waals surface area (Å²) in [5.41, 5.74) is 7.02. The highest BCUT2D eigenvalue weighted by Crippen LogP contribution is 2.48. The normalized spacial score (nSPS) is 44.2. The Morgan fingerprint density at radius 2 is 1.74 bits per heavy atom. The van der Waals surface area contributed by atoms with Crippen LogP contribution in [0, 0.1) is 17.3 Å². The zero-order chi connectivity index (χ0) is 14.3. The molecule has 2 heteroatoms. The van der Waals surface area contributed by atoms with Gasteiger partial charge in [-0.3, -0.25) is 4.90 Å². The summed E-state index contributed by atoms with van der Waals surface area (Å²) in [5.74, 6) is 1.64. The van der Waals surface area contributed by atoms with Crippen molar-refractivity contribution in [3.8, 4) is 0 Å². The lowest BCUT2D eigenvalue weighted by atomic mass is 9.63. The molecular formula is C17H34N2. The van der Waals surface area contributed by atoms with Crippen LogP contribution in [0.2, 0.25) is 0 Å². The van der Waals surface area contributed by atoms with Crippen LogP contribution in [-0.4, -0.2) is 29.6 Å². The molecule has 2 rings (SSSR count). The molecule has 1 aliphatic heterocycles. The van der Waals surface area contributed by atoms with Crippen molar-refractivity contribution in [1.82, 2.24) is 4.90 Å². The second kappa shape index (κ2) is 5.37. The molecular weight excluding hydrogens is 232 g/mol. The SMILES string of the molecule is CC1CCC(C)N(C2(CN)CC(C)CC(C)(C)C2)C1. The first-order chi connectivity index (χ1) is 8.78. The van der Waals surface area contributed by atoms with Gasteiger partial charge in [0.2, 0.25) is 0 Å². The maximum atomic E-state index is 6.32. The van der Waals surface area contributed by atoms with Crippen molar-refractivity contribution in [2.75, 3.05) is 13.1 Å². The fraction of sp³-hybridized carbons (Fsp3) is 1.00. The topological polar surface area (TPSA) is 29.3 Å². The Hall–Kier alpha value is -0.0800. The minimum absolute atomic E-state index is 0.259. The molecule has 1 saturated heterocycles. The molecule has 0 bridgehead atoms. The average molecular weight is 266 g/mol. The predicted octanol–water partition coefficient (Wildman–Crippen LogP) is 3.65. The van der Waals surface area contributed by atoms with E-state index in [2.05, 4.69) is 39.5 Å². The average Bonchev–Trinajstić information content (AvgIpc) is 2.29. The van der Waals surface area contributed by atoms with Gasteiger partial charge in [-0.15, -0.1) is 0 Å². The van der Waals surface area contributed by atoms with Gasteiger partial charge >= 0.3 is 0 Å². The quantitative estimate of drug-likeness (QED) is 0.826. The van der Waals surface area contributed by atoms with Gasteiger partial charge in [0.15, 0.2) is 0 Å². The summed E-state index contributed by atoms with van der Waals surface area (Å²) in [7, 11) is 0. The maximum absolute atomic E-state index is 6.32. The van der Waals surface area contributed by atoms with Gasteiger partial charge in [-0.1, -0.05) is 27.7 Å². The Bertz CT molecular complexity index is 312. The molecule has 4 atom stereocenters. The number of hydrogen-bond donors (Lipinski definition) is 1. The third-order valence-corrected chi connectivity index (χ3v) is 5.54. The van der Waals surface area contributed by atoms with Crippen molar-refractivity contribution in [2.45, 2.75) is 78.3 Å². The van der Waals surface area contributed by atoms with E-state index in [0.29, 0.717) is 11.5 Å². The Morgan fingerprint density at radius 1 is 1.05 bits per heavy atom. The minimum Gasteiger partial charge on any atom is -0.329 e. The molecule has 2 nitrogen and oxygen atoms in total.